The molecule has 1 aromatic heterocycles. The second-order valence-electron chi connectivity index (χ2n) is 4.34. The lowest BCUT2D eigenvalue weighted by molar-refractivity contribution is 0.0984. The Morgan fingerprint density at radius 3 is 2.68 bits per heavy atom. The van der Waals surface area contributed by atoms with Gasteiger partial charge in [-0.3, -0.25) is 4.79 Å². The number of nitrogens with zero attached hydrogens (tertiary/aromatic N) is 2. The van der Waals surface area contributed by atoms with Crippen molar-refractivity contribution in [1.82, 2.24) is 9.97 Å². The number of benzene rings is 1. The summed E-state index contributed by atoms with van der Waals surface area (Å²) in [7, 11) is 0. The molecule has 0 atom stereocenters. The summed E-state index contributed by atoms with van der Waals surface area (Å²) in [6, 6.07) is 5.52. The molecule has 2 aromatic rings. The number of carbonyl (C=O) groups is 1. The number of nitrogen functional groups attached to an aromatic ring is 2. The molecule has 0 bridgehead atoms. The van der Waals surface area contributed by atoms with E-state index < -0.39 is 0 Å². The number of aryl methyl sites for hydroxylation is 1. The summed E-state index contributed by atoms with van der Waals surface area (Å²) < 4.78 is 0. The molecule has 19 heavy (non-hydrogen) atoms. The minimum Gasteiger partial charge on any atom is -0.399 e. The summed E-state index contributed by atoms with van der Waals surface area (Å²) in [6.45, 7) is 3.70. The van der Waals surface area contributed by atoms with Crippen LogP contribution in [-0.4, -0.2) is 15.8 Å². The van der Waals surface area contributed by atoms with Gasteiger partial charge in [-0.2, -0.15) is 0 Å². The van der Waals surface area contributed by atoms with Gasteiger partial charge in [-0.05, 0) is 24.6 Å². The Kier molecular flexibility index (Phi) is 3.46. The molecule has 1 heterocycles. The van der Waals surface area contributed by atoms with E-state index in [4.69, 9.17) is 11.5 Å². The molecule has 4 N–H and O–H groups in total. The first-order valence-electron chi connectivity index (χ1n) is 6.05. The van der Waals surface area contributed by atoms with Crippen molar-refractivity contribution in [3.8, 4) is 11.3 Å². The van der Waals surface area contributed by atoms with Gasteiger partial charge in [0.1, 0.15) is 5.69 Å². The molecule has 0 aliphatic carbocycles. The Labute approximate surface area is 111 Å². The SMILES string of the molecule is CCC(=O)c1nc(-c2ccc(N)cc2C)cnc1N. The molecule has 0 aliphatic rings. The monoisotopic (exact) mass is 256 g/mol. The van der Waals surface area contributed by atoms with Gasteiger partial charge in [0, 0.05) is 17.7 Å². The summed E-state index contributed by atoms with van der Waals surface area (Å²) in [5, 5.41) is 0. The van der Waals surface area contributed by atoms with Gasteiger partial charge in [-0.1, -0.05) is 13.0 Å². The minimum atomic E-state index is -0.111. The molecule has 1 aromatic carbocycles. The molecule has 0 spiro atoms. The number of anilines is 2. The third-order valence-corrected chi connectivity index (χ3v) is 2.91. The maximum Gasteiger partial charge on any atom is 0.184 e. The Bertz CT molecular complexity index is 637. The van der Waals surface area contributed by atoms with Gasteiger partial charge in [0.25, 0.3) is 0 Å². The standard InChI is InChI=1S/C14H16N4O/c1-3-12(19)13-14(16)17-7-11(18-13)10-5-4-9(15)6-8(10)2/h4-7H,3,15H2,1-2H3,(H2,16,17). The van der Waals surface area contributed by atoms with Gasteiger partial charge < -0.3 is 11.5 Å². The van der Waals surface area contributed by atoms with Crippen LogP contribution in [-0.2, 0) is 0 Å². The maximum atomic E-state index is 11.8. The van der Waals surface area contributed by atoms with E-state index in [-0.39, 0.29) is 17.3 Å². The van der Waals surface area contributed by atoms with E-state index in [2.05, 4.69) is 9.97 Å². The molecule has 0 fully saturated rings. The predicted molar refractivity (Wildman–Crippen MR) is 75.7 cm³/mol. The van der Waals surface area contributed by atoms with Crippen molar-refractivity contribution in [2.45, 2.75) is 20.3 Å². The maximum absolute atomic E-state index is 11.8. The average Bonchev–Trinajstić information content (AvgIpc) is 2.39. The third kappa shape index (κ3) is 2.54. The molecule has 0 saturated heterocycles. The number of ketones is 1. The lowest BCUT2D eigenvalue weighted by atomic mass is 10.0. The first-order chi connectivity index (χ1) is 9.02. The molecule has 2 rings (SSSR count). The number of Topliss-reactive ketones (excluding diaryl/α,β-unsaturated/α-hetero) is 1. The fourth-order valence-electron chi connectivity index (χ4n) is 1.88. The summed E-state index contributed by atoms with van der Waals surface area (Å²) in [5.74, 6) is 0.0589. The first-order valence-corrected chi connectivity index (χ1v) is 6.05. The fraction of sp³-hybridized carbons (Fsp3) is 0.214. The zero-order valence-corrected chi connectivity index (χ0v) is 11.0. The van der Waals surface area contributed by atoms with Crippen molar-refractivity contribution in [3.63, 3.8) is 0 Å². The van der Waals surface area contributed by atoms with E-state index in [0.29, 0.717) is 17.8 Å². The van der Waals surface area contributed by atoms with Gasteiger partial charge in [0.2, 0.25) is 0 Å². The highest BCUT2D eigenvalue weighted by Gasteiger charge is 2.13. The molecule has 0 unspecified atom stereocenters. The fourth-order valence-corrected chi connectivity index (χ4v) is 1.88. The van der Waals surface area contributed by atoms with Gasteiger partial charge in [-0.15, -0.1) is 0 Å². The predicted octanol–water partition coefficient (Wildman–Crippen LogP) is 2.21. The lowest BCUT2D eigenvalue weighted by Crippen LogP contribution is -2.08. The van der Waals surface area contributed by atoms with Crippen LogP contribution in [0.3, 0.4) is 0 Å². The molecule has 0 aliphatic heterocycles. The highest BCUT2D eigenvalue weighted by atomic mass is 16.1. The van der Waals surface area contributed by atoms with Crippen molar-refractivity contribution in [3.05, 3.63) is 35.7 Å². The second-order valence-corrected chi connectivity index (χ2v) is 4.34. The number of aromatic nitrogens is 2. The van der Waals surface area contributed by atoms with Gasteiger partial charge in [-0.25, -0.2) is 9.97 Å². The number of carbonyl (C=O) groups excluding carboxylic acids is 1. The number of hydrogen-bond acceptors (Lipinski definition) is 5. The molecular formula is C14H16N4O. The van der Waals surface area contributed by atoms with Crippen LogP contribution in [0, 0.1) is 6.92 Å². The van der Waals surface area contributed by atoms with E-state index in [9.17, 15) is 4.79 Å². The number of nitrogens with two attached hydrogens (primary N) is 2. The normalized spacial score (nSPS) is 10.4. The highest BCUT2D eigenvalue weighted by Crippen LogP contribution is 2.24. The zero-order chi connectivity index (χ0) is 14.0. The Balaban J connectivity index is 2.54. The van der Waals surface area contributed by atoms with E-state index >= 15 is 0 Å². The topological polar surface area (TPSA) is 94.9 Å². The summed E-state index contributed by atoms with van der Waals surface area (Å²) in [4.78, 5) is 20.1. The van der Waals surface area contributed by atoms with E-state index in [0.717, 1.165) is 11.1 Å². The van der Waals surface area contributed by atoms with Crippen molar-refractivity contribution >= 4 is 17.3 Å². The zero-order valence-electron chi connectivity index (χ0n) is 11.0. The number of rotatable bonds is 3. The lowest BCUT2D eigenvalue weighted by Gasteiger charge is -2.08. The van der Waals surface area contributed by atoms with Crippen LogP contribution in [0.5, 0.6) is 0 Å². The summed E-state index contributed by atoms with van der Waals surface area (Å²) in [5.41, 5.74) is 14.8. The molecule has 98 valence electrons. The van der Waals surface area contributed by atoms with Crippen molar-refractivity contribution in [2.24, 2.45) is 0 Å². The molecular weight excluding hydrogens is 240 g/mol. The first kappa shape index (κ1) is 13.0. The van der Waals surface area contributed by atoms with Crippen molar-refractivity contribution < 1.29 is 4.79 Å². The van der Waals surface area contributed by atoms with Crippen LogP contribution in [0.25, 0.3) is 11.3 Å². The van der Waals surface area contributed by atoms with Crippen LogP contribution < -0.4 is 11.5 Å². The van der Waals surface area contributed by atoms with Crippen molar-refractivity contribution in [2.75, 3.05) is 11.5 Å². The smallest absolute Gasteiger partial charge is 0.184 e. The van der Waals surface area contributed by atoms with Gasteiger partial charge in [0.15, 0.2) is 11.6 Å². The van der Waals surface area contributed by atoms with E-state index in [1.54, 1.807) is 19.2 Å². The van der Waals surface area contributed by atoms with Crippen molar-refractivity contribution in [1.29, 1.82) is 0 Å². The quantitative estimate of drug-likeness (QED) is 0.648. The van der Waals surface area contributed by atoms with Crippen LogP contribution in [0.15, 0.2) is 24.4 Å². The molecule has 5 heteroatoms. The third-order valence-electron chi connectivity index (χ3n) is 2.91. The Hall–Kier alpha value is -2.43. The van der Waals surface area contributed by atoms with Crippen LogP contribution >= 0.6 is 0 Å². The van der Waals surface area contributed by atoms with E-state index in [1.807, 2.05) is 19.1 Å². The van der Waals surface area contributed by atoms with Crippen LogP contribution in [0.2, 0.25) is 0 Å². The molecule has 0 saturated carbocycles. The van der Waals surface area contributed by atoms with Crippen LogP contribution in [0.4, 0.5) is 11.5 Å². The largest absolute Gasteiger partial charge is 0.399 e. The number of hydrogen-bond donors (Lipinski definition) is 2. The Morgan fingerprint density at radius 1 is 1.32 bits per heavy atom. The van der Waals surface area contributed by atoms with E-state index in [1.165, 1.54) is 0 Å². The average molecular weight is 256 g/mol. The minimum absolute atomic E-state index is 0.111. The molecule has 5 nitrogen and oxygen atoms in total. The summed E-state index contributed by atoms with van der Waals surface area (Å²) >= 11 is 0. The summed E-state index contributed by atoms with van der Waals surface area (Å²) in [6.07, 6.45) is 1.92. The van der Waals surface area contributed by atoms with Gasteiger partial charge >= 0.3 is 0 Å². The van der Waals surface area contributed by atoms with Crippen LogP contribution in [0.1, 0.15) is 29.4 Å². The second kappa shape index (κ2) is 5.06. The molecule has 0 amide bonds. The van der Waals surface area contributed by atoms with Gasteiger partial charge in [0.05, 0.1) is 11.9 Å². The molecule has 0 radical (unpaired) electrons. The highest BCUT2D eigenvalue weighted by molar-refractivity contribution is 5.98. The Morgan fingerprint density at radius 2 is 2.05 bits per heavy atom.